The van der Waals surface area contributed by atoms with Gasteiger partial charge in [0, 0.05) is 19.5 Å². The van der Waals surface area contributed by atoms with Gasteiger partial charge in [0.05, 0.1) is 6.54 Å². The minimum Gasteiger partial charge on any atom is -0.459 e. The summed E-state index contributed by atoms with van der Waals surface area (Å²) >= 11 is 0. The zero-order valence-corrected chi connectivity index (χ0v) is 14.5. The minimum absolute atomic E-state index is 0.0855. The van der Waals surface area contributed by atoms with Crippen molar-refractivity contribution in [3.63, 3.8) is 0 Å². The predicted octanol–water partition coefficient (Wildman–Crippen LogP) is 1.22. The molecule has 2 unspecified atom stereocenters. The van der Waals surface area contributed by atoms with E-state index in [0.717, 1.165) is 6.92 Å². The molecule has 0 aliphatic rings. The van der Waals surface area contributed by atoms with Crippen molar-refractivity contribution in [2.45, 2.75) is 33.1 Å². The Balaban J connectivity index is 3.07. The molecule has 0 aliphatic heterocycles. The first-order valence-corrected chi connectivity index (χ1v) is 8.80. The average Bonchev–Trinajstić information content (AvgIpc) is 2.42. The summed E-state index contributed by atoms with van der Waals surface area (Å²) in [5, 5.41) is 0. The molecule has 24 heavy (non-hydrogen) atoms. The standard InChI is InChI=1S/C15H21NO7S/c1-11(22-12(2)17)16(14-7-5-4-6-8-14)9-15(23-13(3)18)10-24(19,20)21/h4-8,11,15H,9-10H2,1-3H3,(H,19,20,21). The van der Waals surface area contributed by atoms with Crippen LogP contribution >= 0.6 is 0 Å². The van der Waals surface area contributed by atoms with E-state index in [4.69, 9.17) is 14.0 Å². The highest BCUT2D eigenvalue weighted by Crippen LogP contribution is 2.19. The summed E-state index contributed by atoms with van der Waals surface area (Å²) in [6.45, 7) is 3.91. The van der Waals surface area contributed by atoms with Crippen LogP contribution in [-0.2, 0) is 29.2 Å². The second-order valence-corrected chi connectivity index (χ2v) is 6.67. The first kappa shape index (κ1) is 19.9. The van der Waals surface area contributed by atoms with E-state index in [9.17, 15) is 18.0 Å². The molecule has 0 saturated heterocycles. The lowest BCUT2D eigenvalue weighted by molar-refractivity contribution is -0.148. The fraction of sp³-hybridized carbons (Fsp3) is 0.467. The van der Waals surface area contributed by atoms with E-state index in [2.05, 4.69) is 0 Å². The largest absolute Gasteiger partial charge is 0.459 e. The molecule has 0 fully saturated rings. The lowest BCUT2D eigenvalue weighted by Crippen LogP contribution is -2.44. The van der Waals surface area contributed by atoms with Crippen molar-refractivity contribution in [3.8, 4) is 0 Å². The molecule has 1 N–H and O–H groups in total. The van der Waals surface area contributed by atoms with E-state index >= 15 is 0 Å². The zero-order chi connectivity index (χ0) is 18.3. The molecule has 0 saturated carbocycles. The number of para-hydroxylation sites is 1. The van der Waals surface area contributed by atoms with Crippen molar-refractivity contribution in [3.05, 3.63) is 30.3 Å². The maximum absolute atomic E-state index is 11.2. The Morgan fingerprint density at radius 2 is 1.67 bits per heavy atom. The minimum atomic E-state index is -4.36. The van der Waals surface area contributed by atoms with Crippen LogP contribution in [0.5, 0.6) is 0 Å². The molecule has 0 heterocycles. The van der Waals surface area contributed by atoms with Crippen LogP contribution in [-0.4, -0.2) is 49.5 Å². The second kappa shape index (κ2) is 8.65. The summed E-state index contributed by atoms with van der Waals surface area (Å²) in [5.41, 5.74) is 0.638. The highest BCUT2D eigenvalue weighted by molar-refractivity contribution is 7.85. The molecular weight excluding hydrogens is 338 g/mol. The molecule has 0 bridgehead atoms. The van der Waals surface area contributed by atoms with Crippen LogP contribution in [0.2, 0.25) is 0 Å². The van der Waals surface area contributed by atoms with Gasteiger partial charge in [-0.15, -0.1) is 0 Å². The second-order valence-electron chi connectivity index (χ2n) is 5.18. The summed E-state index contributed by atoms with van der Waals surface area (Å²) in [6.07, 6.45) is -1.86. The number of carbonyl (C=O) groups excluding carboxylic acids is 2. The average molecular weight is 359 g/mol. The van der Waals surface area contributed by atoms with Crippen molar-refractivity contribution in [2.75, 3.05) is 17.2 Å². The Morgan fingerprint density at radius 1 is 1.12 bits per heavy atom. The molecule has 0 aromatic heterocycles. The van der Waals surface area contributed by atoms with Crippen molar-refractivity contribution in [1.82, 2.24) is 0 Å². The van der Waals surface area contributed by atoms with Crippen molar-refractivity contribution in [2.24, 2.45) is 0 Å². The maximum Gasteiger partial charge on any atom is 0.304 e. The molecule has 9 heteroatoms. The first-order chi connectivity index (χ1) is 11.1. The summed E-state index contributed by atoms with van der Waals surface area (Å²) in [4.78, 5) is 24.0. The molecule has 0 amide bonds. The SMILES string of the molecule is CC(=O)OC(CN(c1ccccc1)C(C)OC(C)=O)CS(=O)(=O)O. The van der Waals surface area contributed by atoms with E-state index in [1.807, 2.05) is 0 Å². The Hall–Kier alpha value is -2.13. The van der Waals surface area contributed by atoms with Crippen LogP contribution < -0.4 is 4.90 Å². The Bertz CT molecular complexity index is 660. The monoisotopic (exact) mass is 359 g/mol. The van der Waals surface area contributed by atoms with Crippen molar-refractivity contribution >= 4 is 27.7 Å². The Kier molecular flexibility index (Phi) is 7.18. The number of carbonyl (C=O) groups is 2. The molecule has 134 valence electrons. The number of anilines is 1. The maximum atomic E-state index is 11.2. The Labute approximate surface area is 141 Å². The number of esters is 2. The van der Waals surface area contributed by atoms with Gasteiger partial charge in [0.1, 0.15) is 11.9 Å². The molecule has 0 radical (unpaired) electrons. The third kappa shape index (κ3) is 7.42. The number of benzene rings is 1. The summed E-state index contributed by atoms with van der Waals surface area (Å²) in [5.74, 6) is -1.96. The molecule has 2 atom stereocenters. The van der Waals surface area contributed by atoms with Gasteiger partial charge < -0.3 is 14.4 Å². The highest BCUT2D eigenvalue weighted by atomic mass is 32.2. The zero-order valence-electron chi connectivity index (χ0n) is 13.7. The number of hydrogen-bond acceptors (Lipinski definition) is 7. The third-order valence-corrected chi connectivity index (χ3v) is 3.79. The molecule has 0 spiro atoms. The Morgan fingerprint density at radius 3 is 2.12 bits per heavy atom. The van der Waals surface area contributed by atoms with Crippen LogP contribution in [0.15, 0.2) is 30.3 Å². The first-order valence-electron chi connectivity index (χ1n) is 7.20. The number of ether oxygens (including phenoxy) is 2. The van der Waals surface area contributed by atoms with Gasteiger partial charge in [-0.2, -0.15) is 8.42 Å². The molecule has 1 aromatic carbocycles. The summed E-state index contributed by atoms with van der Waals surface area (Å²) < 4.78 is 41.5. The molecule has 8 nitrogen and oxygen atoms in total. The van der Waals surface area contributed by atoms with Gasteiger partial charge in [0.2, 0.25) is 0 Å². The van der Waals surface area contributed by atoms with Crippen LogP contribution in [0.25, 0.3) is 0 Å². The van der Waals surface area contributed by atoms with E-state index < -0.39 is 40.1 Å². The fourth-order valence-electron chi connectivity index (χ4n) is 2.20. The van der Waals surface area contributed by atoms with Crippen LogP contribution in [0.1, 0.15) is 20.8 Å². The smallest absolute Gasteiger partial charge is 0.304 e. The van der Waals surface area contributed by atoms with Gasteiger partial charge in [-0.25, -0.2) is 0 Å². The van der Waals surface area contributed by atoms with Crippen molar-refractivity contribution < 1.29 is 32.0 Å². The van der Waals surface area contributed by atoms with E-state index in [1.165, 1.54) is 6.92 Å². The fourth-order valence-corrected chi connectivity index (χ4v) is 2.84. The number of hydrogen-bond donors (Lipinski definition) is 1. The highest BCUT2D eigenvalue weighted by Gasteiger charge is 2.26. The van der Waals surface area contributed by atoms with Crippen molar-refractivity contribution in [1.29, 1.82) is 0 Å². The quantitative estimate of drug-likeness (QED) is 0.419. The summed E-state index contributed by atoms with van der Waals surface area (Å²) in [6, 6.07) is 8.77. The van der Waals surface area contributed by atoms with Crippen LogP contribution in [0.4, 0.5) is 5.69 Å². The molecule has 0 aliphatic carbocycles. The van der Waals surface area contributed by atoms with Gasteiger partial charge in [0.15, 0.2) is 6.23 Å². The number of nitrogens with zero attached hydrogens (tertiary/aromatic N) is 1. The van der Waals surface area contributed by atoms with E-state index in [-0.39, 0.29) is 6.54 Å². The van der Waals surface area contributed by atoms with Gasteiger partial charge in [-0.05, 0) is 19.1 Å². The summed E-state index contributed by atoms with van der Waals surface area (Å²) in [7, 11) is -4.36. The predicted molar refractivity (Wildman–Crippen MR) is 87.0 cm³/mol. The third-order valence-electron chi connectivity index (χ3n) is 2.99. The van der Waals surface area contributed by atoms with Gasteiger partial charge in [-0.1, -0.05) is 18.2 Å². The van der Waals surface area contributed by atoms with E-state index in [0.29, 0.717) is 5.69 Å². The lowest BCUT2D eigenvalue weighted by Gasteiger charge is -2.33. The molecule has 1 aromatic rings. The molecular formula is C15H21NO7S. The lowest BCUT2D eigenvalue weighted by atomic mass is 10.2. The molecule has 1 rings (SSSR count). The van der Waals surface area contributed by atoms with E-state index in [1.54, 1.807) is 42.2 Å². The van der Waals surface area contributed by atoms with Crippen LogP contribution in [0.3, 0.4) is 0 Å². The van der Waals surface area contributed by atoms with Gasteiger partial charge >= 0.3 is 11.9 Å². The van der Waals surface area contributed by atoms with Crippen LogP contribution in [0, 0.1) is 0 Å². The number of rotatable bonds is 8. The topological polar surface area (TPSA) is 110 Å². The van der Waals surface area contributed by atoms with Gasteiger partial charge in [-0.3, -0.25) is 14.1 Å². The normalized spacial score (nSPS) is 13.7. The van der Waals surface area contributed by atoms with Gasteiger partial charge in [0.25, 0.3) is 10.1 Å².